The van der Waals surface area contributed by atoms with Gasteiger partial charge in [0.15, 0.2) is 0 Å². The lowest BCUT2D eigenvalue weighted by Crippen LogP contribution is -2.40. The van der Waals surface area contributed by atoms with Crippen LogP contribution in [0.2, 0.25) is 0 Å². The van der Waals surface area contributed by atoms with E-state index in [2.05, 4.69) is 34.4 Å². The largest absolute Gasteiger partial charge is 0.381 e. The third kappa shape index (κ3) is 3.57. The molecule has 1 aliphatic rings. The van der Waals surface area contributed by atoms with Crippen LogP contribution in [-0.2, 0) is 4.74 Å². The van der Waals surface area contributed by atoms with Gasteiger partial charge in [-0.3, -0.25) is 0 Å². The maximum Gasteiger partial charge on any atom is 0.224 e. The van der Waals surface area contributed by atoms with Crippen molar-refractivity contribution in [2.45, 2.75) is 38.6 Å². The zero-order valence-electron chi connectivity index (χ0n) is 11.2. The summed E-state index contributed by atoms with van der Waals surface area (Å²) in [5.74, 6) is 1.57. The lowest BCUT2D eigenvalue weighted by atomic mass is 9.92. The molecule has 18 heavy (non-hydrogen) atoms. The van der Waals surface area contributed by atoms with Gasteiger partial charge in [0.1, 0.15) is 5.82 Å². The van der Waals surface area contributed by atoms with Crippen molar-refractivity contribution in [3.8, 4) is 0 Å². The predicted molar refractivity (Wildman–Crippen MR) is 72.9 cm³/mol. The van der Waals surface area contributed by atoms with E-state index in [1.165, 1.54) is 0 Å². The number of nitrogens with one attached hydrogen (secondary N) is 2. The normalized spacial score (nSPS) is 18.3. The number of anilines is 2. The molecule has 0 atom stereocenters. The predicted octanol–water partition coefficient (Wildman–Crippen LogP) is 2.28. The minimum Gasteiger partial charge on any atom is -0.381 e. The van der Waals surface area contributed by atoms with Gasteiger partial charge in [-0.2, -0.15) is 4.98 Å². The van der Waals surface area contributed by atoms with E-state index in [0.29, 0.717) is 5.95 Å². The summed E-state index contributed by atoms with van der Waals surface area (Å²) < 4.78 is 5.39. The van der Waals surface area contributed by atoms with E-state index >= 15 is 0 Å². The van der Waals surface area contributed by atoms with E-state index in [9.17, 15) is 0 Å². The van der Waals surface area contributed by atoms with E-state index in [0.717, 1.165) is 44.8 Å². The van der Waals surface area contributed by atoms with Crippen LogP contribution in [0.5, 0.6) is 0 Å². The Bertz CT molecular complexity index is 377. The molecule has 0 spiro atoms. The molecular weight excluding hydrogens is 228 g/mol. The van der Waals surface area contributed by atoms with Crippen molar-refractivity contribution in [2.24, 2.45) is 0 Å². The minimum absolute atomic E-state index is 0.0780. The van der Waals surface area contributed by atoms with Crippen molar-refractivity contribution in [3.05, 3.63) is 12.3 Å². The van der Waals surface area contributed by atoms with Gasteiger partial charge in [-0.1, -0.05) is 6.92 Å². The highest BCUT2D eigenvalue weighted by atomic mass is 16.5. The van der Waals surface area contributed by atoms with Crippen molar-refractivity contribution >= 4 is 11.8 Å². The van der Waals surface area contributed by atoms with Crippen LogP contribution < -0.4 is 10.6 Å². The molecule has 0 amide bonds. The quantitative estimate of drug-likeness (QED) is 0.839. The molecule has 2 N–H and O–H groups in total. The Balaban J connectivity index is 1.99. The topological polar surface area (TPSA) is 59.1 Å². The zero-order valence-corrected chi connectivity index (χ0v) is 11.2. The second-order valence-electron chi connectivity index (χ2n) is 4.99. The second kappa shape index (κ2) is 6.00. The molecule has 0 aromatic carbocycles. The molecular formula is C13H22N4O. The molecule has 2 rings (SSSR count). The molecule has 0 radical (unpaired) electrons. The van der Waals surface area contributed by atoms with Gasteiger partial charge in [0.25, 0.3) is 0 Å². The maximum absolute atomic E-state index is 5.39. The first kappa shape index (κ1) is 13.1. The summed E-state index contributed by atoms with van der Waals surface area (Å²) in [5.41, 5.74) is 0.0780. The Kier molecular flexibility index (Phi) is 4.36. The molecule has 5 heteroatoms. The average molecular weight is 250 g/mol. The van der Waals surface area contributed by atoms with Crippen molar-refractivity contribution in [3.63, 3.8) is 0 Å². The minimum atomic E-state index is 0.0780. The third-order valence-corrected chi connectivity index (χ3v) is 3.21. The van der Waals surface area contributed by atoms with Crippen LogP contribution in [0.15, 0.2) is 12.3 Å². The molecule has 100 valence electrons. The number of hydrogen-bond acceptors (Lipinski definition) is 5. The summed E-state index contributed by atoms with van der Waals surface area (Å²) >= 11 is 0. The maximum atomic E-state index is 5.39. The van der Waals surface area contributed by atoms with Crippen LogP contribution in [0.25, 0.3) is 0 Å². The highest BCUT2D eigenvalue weighted by Crippen LogP contribution is 2.24. The Morgan fingerprint density at radius 2 is 2.17 bits per heavy atom. The Hall–Kier alpha value is -1.36. The monoisotopic (exact) mass is 250 g/mol. The van der Waals surface area contributed by atoms with Gasteiger partial charge in [0.05, 0.1) is 0 Å². The molecule has 1 aliphatic heterocycles. The summed E-state index contributed by atoms with van der Waals surface area (Å²) in [5, 5.41) is 6.70. The summed E-state index contributed by atoms with van der Waals surface area (Å²) in [7, 11) is 0. The van der Waals surface area contributed by atoms with Crippen LogP contribution >= 0.6 is 0 Å². The fraction of sp³-hybridized carbons (Fsp3) is 0.692. The van der Waals surface area contributed by atoms with Crippen LogP contribution in [-0.4, -0.2) is 35.3 Å². The smallest absolute Gasteiger partial charge is 0.224 e. The molecule has 2 heterocycles. The average Bonchev–Trinajstić information content (AvgIpc) is 2.37. The number of aromatic nitrogens is 2. The first-order valence-corrected chi connectivity index (χ1v) is 6.65. The Labute approximate surface area is 108 Å². The molecule has 1 aromatic heterocycles. The summed E-state index contributed by atoms with van der Waals surface area (Å²) in [6.07, 6.45) is 4.87. The summed E-state index contributed by atoms with van der Waals surface area (Å²) in [6, 6.07) is 1.91. The van der Waals surface area contributed by atoms with E-state index in [1.807, 2.05) is 6.07 Å². The number of ether oxygens (including phenoxy) is 1. The van der Waals surface area contributed by atoms with Gasteiger partial charge >= 0.3 is 0 Å². The molecule has 1 saturated heterocycles. The van der Waals surface area contributed by atoms with Gasteiger partial charge in [-0.15, -0.1) is 0 Å². The van der Waals surface area contributed by atoms with E-state index < -0.39 is 0 Å². The zero-order chi connectivity index (χ0) is 12.8. The van der Waals surface area contributed by atoms with Gasteiger partial charge in [-0.25, -0.2) is 4.98 Å². The van der Waals surface area contributed by atoms with Crippen molar-refractivity contribution in [1.29, 1.82) is 0 Å². The standard InChI is InChI=1S/C13H22N4O/c1-3-7-14-12-15-8-4-11(16-12)17-13(2)5-9-18-10-6-13/h4,8H,3,5-7,9-10H2,1-2H3,(H2,14,15,16,17). The van der Waals surface area contributed by atoms with Crippen molar-refractivity contribution in [1.82, 2.24) is 9.97 Å². The molecule has 0 unspecified atom stereocenters. The highest BCUT2D eigenvalue weighted by molar-refractivity contribution is 5.41. The Morgan fingerprint density at radius 1 is 1.39 bits per heavy atom. The van der Waals surface area contributed by atoms with Gasteiger partial charge in [-0.05, 0) is 32.3 Å². The van der Waals surface area contributed by atoms with Crippen molar-refractivity contribution < 1.29 is 4.74 Å². The molecule has 5 nitrogen and oxygen atoms in total. The summed E-state index contributed by atoms with van der Waals surface area (Å²) in [6.45, 7) is 6.87. The molecule has 0 bridgehead atoms. The SMILES string of the molecule is CCCNc1nccc(NC2(C)CCOCC2)n1. The Morgan fingerprint density at radius 3 is 2.89 bits per heavy atom. The van der Waals surface area contributed by atoms with Gasteiger partial charge < -0.3 is 15.4 Å². The van der Waals surface area contributed by atoms with Crippen LogP contribution in [0, 0.1) is 0 Å². The molecule has 0 saturated carbocycles. The van der Waals surface area contributed by atoms with E-state index in [4.69, 9.17) is 4.74 Å². The fourth-order valence-electron chi connectivity index (χ4n) is 2.01. The lowest BCUT2D eigenvalue weighted by Gasteiger charge is -2.34. The third-order valence-electron chi connectivity index (χ3n) is 3.21. The second-order valence-corrected chi connectivity index (χ2v) is 4.99. The number of hydrogen-bond donors (Lipinski definition) is 2. The van der Waals surface area contributed by atoms with Gasteiger partial charge in [0.2, 0.25) is 5.95 Å². The summed E-state index contributed by atoms with van der Waals surface area (Å²) in [4.78, 5) is 8.68. The van der Waals surface area contributed by atoms with Gasteiger partial charge in [0, 0.05) is 31.5 Å². The van der Waals surface area contributed by atoms with Crippen LogP contribution in [0.1, 0.15) is 33.1 Å². The molecule has 1 aromatic rings. The molecule has 0 aliphatic carbocycles. The fourth-order valence-corrected chi connectivity index (χ4v) is 2.01. The number of rotatable bonds is 5. The van der Waals surface area contributed by atoms with E-state index in [1.54, 1.807) is 6.20 Å². The first-order valence-electron chi connectivity index (χ1n) is 6.65. The lowest BCUT2D eigenvalue weighted by molar-refractivity contribution is 0.0657. The van der Waals surface area contributed by atoms with E-state index in [-0.39, 0.29) is 5.54 Å². The highest BCUT2D eigenvalue weighted by Gasteiger charge is 2.27. The first-order chi connectivity index (χ1) is 8.72. The number of nitrogens with zero attached hydrogens (tertiary/aromatic N) is 2. The van der Waals surface area contributed by atoms with Crippen LogP contribution in [0.4, 0.5) is 11.8 Å². The molecule has 1 fully saturated rings. The van der Waals surface area contributed by atoms with Crippen LogP contribution in [0.3, 0.4) is 0 Å². The van der Waals surface area contributed by atoms with Crippen molar-refractivity contribution in [2.75, 3.05) is 30.4 Å².